The molecule has 0 fully saturated rings. The molecule has 0 saturated heterocycles. The molecule has 0 aliphatic carbocycles. The van der Waals surface area contributed by atoms with Crippen molar-refractivity contribution in [2.24, 2.45) is 5.41 Å². The van der Waals surface area contributed by atoms with Gasteiger partial charge in [-0.1, -0.05) is 37.0 Å². The first-order chi connectivity index (χ1) is 9.59. The van der Waals surface area contributed by atoms with Gasteiger partial charge in [-0.3, -0.25) is 0 Å². The highest BCUT2D eigenvalue weighted by Gasteiger charge is 2.25. The highest BCUT2D eigenvalue weighted by Crippen LogP contribution is 2.31. The van der Waals surface area contributed by atoms with Gasteiger partial charge in [-0.2, -0.15) is 0 Å². The van der Waals surface area contributed by atoms with Crippen molar-refractivity contribution >= 4 is 38.9 Å². The minimum absolute atomic E-state index is 0.00203. The predicted molar refractivity (Wildman–Crippen MR) is 86.3 cm³/mol. The molecule has 5 nitrogen and oxygen atoms in total. The monoisotopic (exact) mass is 354 g/mol. The summed E-state index contributed by atoms with van der Waals surface area (Å²) in [6, 6.07) is 2.71. The van der Waals surface area contributed by atoms with E-state index in [0.29, 0.717) is 6.61 Å². The number of nitrogens with one attached hydrogen (secondary N) is 1. The maximum Gasteiger partial charge on any atom is 0.244 e. The van der Waals surface area contributed by atoms with Crippen LogP contribution >= 0.6 is 23.2 Å². The van der Waals surface area contributed by atoms with Gasteiger partial charge in [0.15, 0.2) is 0 Å². The van der Waals surface area contributed by atoms with Crippen LogP contribution in [0.15, 0.2) is 17.0 Å². The van der Waals surface area contributed by atoms with E-state index in [2.05, 4.69) is 4.72 Å². The molecule has 8 heteroatoms. The smallest absolute Gasteiger partial charge is 0.244 e. The zero-order chi connectivity index (χ0) is 16.3. The molecule has 0 heterocycles. The SMILES string of the molecule is COCCC(C)(C)CNS(=O)(=O)c1c(N)cc(Cl)cc1Cl. The van der Waals surface area contributed by atoms with Gasteiger partial charge in [-0.25, -0.2) is 13.1 Å². The number of nitrogen functional groups attached to an aromatic ring is 1. The first-order valence-corrected chi connectivity index (χ1v) is 8.56. The lowest BCUT2D eigenvalue weighted by molar-refractivity contribution is 0.153. The number of halogens is 2. The second kappa shape index (κ2) is 7.15. The number of sulfonamides is 1. The lowest BCUT2D eigenvalue weighted by atomic mass is 9.90. The molecular weight excluding hydrogens is 335 g/mol. The van der Waals surface area contributed by atoms with Gasteiger partial charge >= 0.3 is 0 Å². The summed E-state index contributed by atoms with van der Waals surface area (Å²) < 4.78 is 32.3. The topological polar surface area (TPSA) is 81.4 Å². The Kier molecular flexibility index (Phi) is 6.31. The standard InChI is InChI=1S/C13H20Cl2N2O3S/c1-13(2,4-5-20-3)8-17-21(18,19)12-10(15)6-9(14)7-11(12)16/h6-7,17H,4-5,8,16H2,1-3H3. The van der Waals surface area contributed by atoms with E-state index in [1.165, 1.54) is 12.1 Å². The molecule has 1 rings (SSSR count). The summed E-state index contributed by atoms with van der Waals surface area (Å²) in [7, 11) is -2.20. The highest BCUT2D eigenvalue weighted by molar-refractivity contribution is 7.89. The molecule has 0 aliphatic heterocycles. The zero-order valence-electron chi connectivity index (χ0n) is 12.2. The first kappa shape index (κ1) is 18.5. The number of benzene rings is 1. The van der Waals surface area contributed by atoms with Crippen molar-refractivity contribution in [2.45, 2.75) is 25.2 Å². The summed E-state index contributed by atoms with van der Waals surface area (Å²) in [4.78, 5) is -0.142. The van der Waals surface area contributed by atoms with E-state index in [1.807, 2.05) is 13.8 Å². The van der Waals surface area contributed by atoms with Crippen LogP contribution in [0.3, 0.4) is 0 Å². The van der Waals surface area contributed by atoms with E-state index >= 15 is 0 Å². The molecule has 0 amide bonds. The van der Waals surface area contributed by atoms with Gasteiger partial charge < -0.3 is 10.5 Å². The van der Waals surface area contributed by atoms with Crippen molar-refractivity contribution in [1.82, 2.24) is 4.72 Å². The van der Waals surface area contributed by atoms with Crippen molar-refractivity contribution < 1.29 is 13.2 Å². The molecule has 0 aromatic heterocycles. The maximum atomic E-state index is 12.4. The Bertz CT molecular complexity index is 580. The van der Waals surface area contributed by atoms with Crippen molar-refractivity contribution in [1.29, 1.82) is 0 Å². The van der Waals surface area contributed by atoms with Crippen molar-refractivity contribution in [3.63, 3.8) is 0 Å². The molecule has 3 N–H and O–H groups in total. The number of anilines is 1. The molecule has 1 aromatic carbocycles. The summed E-state index contributed by atoms with van der Waals surface area (Å²) in [5, 5.41) is 0.291. The first-order valence-electron chi connectivity index (χ1n) is 6.32. The molecule has 0 unspecified atom stereocenters. The lowest BCUT2D eigenvalue weighted by Crippen LogP contribution is -2.35. The van der Waals surface area contributed by atoms with Crippen LogP contribution < -0.4 is 10.5 Å². The van der Waals surface area contributed by atoms with Crippen LogP contribution in [0.2, 0.25) is 10.0 Å². The third-order valence-electron chi connectivity index (χ3n) is 3.03. The Morgan fingerprint density at radius 1 is 1.33 bits per heavy atom. The van der Waals surface area contributed by atoms with Crippen LogP contribution in [0, 0.1) is 5.41 Å². The number of ether oxygens (including phenoxy) is 1. The minimum Gasteiger partial charge on any atom is -0.398 e. The Balaban J connectivity index is 2.93. The molecule has 21 heavy (non-hydrogen) atoms. The average molecular weight is 355 g/mol. The summed E-state index contributed by atoms with van der Waals surface area (Å²) in [5.74, 6) is 0. The molecule has 0 radical (unpaired) electrons. The fraction of sp³-hybridized carbons (Fsp3) is 0.538. The van der Waals surface area contributed by atoms with Gasteiger partial charge in [0.2, 0.25) is 10.0 Å². The quantitative estimate of drug-likeness (QED) is 0.737. The zero-order valence-corrected chi connectivity index (χ0v) is 14.6. The van der Waals surface area contributed by atoms with Crippen molar-refractivity contribution in [3.8, 4) is 0 Å². The molecule has 0 spiro atoms. The third-order valence-corrected chi connectivity index (χ3v) is 5.18. The van der Waals surface area contributed by atoms with Crippen LogP contribution in [0.1, 0.15) is 20.3 Å². The van der Waals surface area contributed by atoms with Crippen LogP contribution in [0.5, 0.6) is 0 Å². The summed E-state index contributed by atoms with van der Waals surface area (Å²) >= 11 is 11.7. The fourth-order valence-electron chi connectivity index (χ4n) is 1.69. The van der Waals surface area contributed by atoms with E-state index in [4.69, 9.17) is 33.7 Å². The molecule has 0 aliphatic rings. The summed E-state index contributed by atoms with van der Waals surface area (Å²) in [6.45, 7) is 4.69. The van der Waals surface area contributed by atoms with Crippen molar-refractivity contribution in [2.75, 3.05) is 26.0 Å². The molecule has 0 bridgehead atoms. The van der Waals surface area contributed by atoms with Gasteiger partial charge in [-0.05, 0) is 24.0 Å². The fourth-order valence-corrected chi connectivity index (χ4v) is 3.92. The van der Waals surface area contributed by atoms with Gasteiger partial charge in [0.1, 0.15) is 4.90 Å². The van der Waals surface area contributed by atoms with Crippen LogP contribution in [0.25, 0.3) is 0 Å². The molecule has 1 aromatic rings. The van der Waals surface area contributed by atoms with E-state index in [-0.39, 0.29) is 32.6 Å². The lowest BCUT2D eigenvalue weighted by Gasteiger charge is -2.24. The second-order valence-corrected chi connectivity index (χ2v) is 8.08. The Morgan fingerprint density at radius 2 is 1.95 bits per heavy atom. The summed E-state index contributed by atoms with van der Waals surface area (Å²) in [5.41, 5.74) is 5.49. The van der Waals surface area contributed by atoms with Gasteiger partial charge in [0.25, 0.3) is 0 Å². The Labute approximate surface area is 135 Å². The number of methoxy groups -OCH3 is 1. The molecular formula is C13H20Cl2N2O3S. The predicted octanol–water partition coefficient (Wildman–Crippen LogP) is 2.92. The number of hydrogen-bond donors (Lipinski definition) is 2. The largest absolute Gasteiger partial charge is 0.398 e. The van der Waals surface area contributed by atoms with E-state index in [9.17, 15) is 8.42 Å². The van der Waals surface area contributed by atoms with E-state index in [0.717, 1.165) is 6.42 Å². The number of hydrogen-bond acceptors (Lipinski definition) is 4. The van der Waals surface area contributed by atoms with E-state index in [1.54, 1.807) is 7.11 Å². The number of nitrogens with two attached hydrogens (primary N) is 1. The highest BCUT2D eigenvalue weighted by atomic mass is 35.5. The molecule has 0 saturated carbocycles. The average Bonchev–Trinajstić information content (AvgIpc) is 2.33. The summed E-state index contributed by atoms with van der Waals surface area (Å²) in [6.07, 6.45) is 0.718. The van der Waals surface area contributed by atoms with Gasteiger partial charge in [-0.15, -0.1) is 0 Å². The van der Waals surface area contributed by atoms with Crippen LogP contribution in [-0.2, 0) is 14.8 Å². The van der Waals surface area contributed by atoms with Crippen LogP contribution in [0.4, 0.5) is 5.69 Å². The Morgan fingerprint density at radius 3 is 2.48 bits per heavy atom. The van der Waals surface area contributed by atoms with Gasteiger partial charge in [0, 0.05) is 25.3 Å². The van der Waals surface area contributed by atoms with Gasteiger partial charge in [0.05, 0.1) is 10.7 Å². The maximum absolute atomic E-state index is 12.4. The number of rotatable bonds is 7. The van der Waals surface area contributed by atoms with E-state index < -0.39 is 10.0 Å². The minimum atomic E-state index is -3.80. The normalized spacial score (nSPS) is 12.6. The third kappa shape index (κ3) is 5.30. The molecule has 120 valence electrons. The van der Waals surface area contributed by atoms with Crippen molar-refractivity contribution in [3.05, 3.63) is 22.2 Å². The Hall–Kier alpha value is -0.530. The second-order valence-electron chi connectivity index (χ2n) is 5.54. The molecule has 0 atom stereocenters. The van der Waals surface area contributed by atoms with Crippen LogP contribution in [-0.4, -0.2) is 28.7 Å².